The summed E-state index contributed by atoms with van der Waals surface area (Å²) in [5.41, 5.74) is 7.95. The Labute approximate surface area is 318 Å². The largest absolute Gasteiger partial charge is 0.388 e. The minimum atomic E-state index is -1.32. The maximum absolute atomic E-state index is 13.0. The van der Waals surface area contributed by atoms with Crippen molar-refractivity contribution in [2.75, 3.05) is 56.6 Å². The van der Waals surface area contributed by atoms with Crippen LogP contribution >= 0.6 is 23.2 Å². The van der Waals surface area contributed by atoms with Gasteiger partial charge in [-0.05, 0) is 37.0 Å². The highest BCUT2D eigenvalue weighted by Gasteiger charge is 2.45. The first kappa shape index (κ1) is 45.9. The van der Waals surface area contributed by atoms with Crippen LogP contribution < -0.4 is 16.0 Å². The number of hydrogen-bond donors (Lipinski definition) is 4. The Kier molecular flexibility index (Phi) is 26.3. The van der Waals surface area contributed by atoms with Gasteiger partial charge in [-0.15, -0.1) is 23.2 Å². The van der Waals surface area contributed by atoms with Gasteiger partial charge in [-0.2, -0.15) is 0 Å². The molecule has 0 saturated carbocycles. The van der Waals surface area contributed by atoms with Crippen LogP contribution in [-0.2, 0) is 30.2 Å². The molecule has 1 aliphatic rings. The zero-order chi connectivity index (χ0) is 37.1. The third-order valence-corrected chi connectivity index (χ3v) is 9.94. The molecule has 0 bridgehead atoms. The van der Waals surface area contributed by atoms with Gasteiger partial charge >= 0.3 is 0 Å². The highest BCUT2D eigenvalue weighted by molar-refractivity contribution is 6.18. The van der Waals surface area contributed by atoms with Gasteiger partial charge in [-0.3, -0.25) is 4.79 Å². The predicted octanol–water partition coefficient (Wildman–Crippen LogP) is 6.67. The van der Waals surface area contributed by atoms with Crippen molar-refractivity contribution < 1.29 is 34.0 Å². The number of carbonyl (C=O) groups excluding carboxylic acids is 1. The maximum atomic E-state index is 13.0. The molecule has 51 heavy (non-hydrogen) atoms. The van der Waals surface area contributed by atoms with E-state index in [0.717, 1.165) is 24.1 Å². The molecule has 0 aromatic heterocycles. The molecule has 1 aromatic rings. The molecule has 1 aliphatic heterocycles. The number of benzene rings is 1. The number of methoxy groups -OCH3 is 1. The second-order valence-corrected chi connectivity index (χ2v) is 14.5. The number of amides is 1. The average Bonchev–Trinajstić information content (AvgIpc) is 3.14. The summed E-state index contributed by atoms with van der Waals surface area (Å²) in [5.74, 6) is 0.758. The molecule has 2 rings (SSSR count). The quantitative estimate of drug-likeness (QED) is 0.0372. The van der Waals surface area contributed by atoms with Crippen molar-refractivity contribution in [1.29, 1.82) is 0 Å². The molecule has 12 heteroatoms. The van der Waals surface area contributed by atoms with Gasteiger partial charge in [0.1, 0.15) is 31.0 Å². The lowest BCUT2D eigenvalue weighted by Gasteiger charge is -2.42. The maximum Gasteiger partial charge on any atom is 0.220 e. The first-order valence-electron chi connectivity index (χ1n) is 19.6. The molecule has 2 unspecified atom stereocenters. The number of ether oxygens (including phenoxy) is 4. The van der Waals surface area contributed by atoms with Gasteiger partial charge in [0.05, 0.1) is 0 Å². The van der Waals surface area contributed by atoms with Crippen molar-refractivity contribution in [2.45, 2.75) is 153 Å². The van der Waals surface area contributed by atoms with Crippen LogP contribution in [0.25, 0.3) is 0 Å². The zero-order valence-electron chi connectivity index (χ0n) is 31.5. The van der Waals surface area contributed by atoms with Crippen LogP contribution in [0.4, 0.5) is 5.69 Å². The molecule has 1 fully saturated rings. The van der Waals surface area contributed by atoms with Gasteiger partial charge in [0, 0.05) is 57.2 Å². The Bertz CT molecular complexity index is 990. The van der Waals surface area contributed by atoms with Gasteiger partial charge in [-0.1, -0.05) is 103 Å². The first-order chi connectivity index (χ1) is 24.9. The van der Waals surface area contributed by atoms with Gasteiger partial charge in [0.15, 0.2) is 12.6 Å². The molecule has 0 spiro atoms. The zero-order valence-corrected chi connectivity index (χ0v) is 33.0. The number of nitrogens with two attached hydrogens (primary N) is 1. The first-order valence-corrected chi connectivity index (χ1v) is 20.7. The van der Waals surface area contributed by atoms with Crippen molar-refractivity contribution in [2.24, 2.45) is 5.73 Å². The third kappa shape index (κ3) is 19.1. The normalized spacial score (nSPS) is 21.1. The number of halogens is 2. The minimum absolute atomic E-state index is 0.0175. The highest BCUT2D eigenvalue weighted by Crippen LogP contribution is 2.23. The Morgan fingerprint density at radius 1 is 0.882 bits per heavy atom. The second-order valence-electron chi connectivity index (χ2n) is 13.7. The van der Waals surface area contributed by atoms with E-state index in [1.54, 1.807) is 7.11 Å². The minimum Gasteiger partial charge on any atom is -0.388 e. The highest BCUT2D eigenvalue weighted by atomic mass is 35.5. The van der Waals surface area contributed by atoms with Crippen LogP contribution in [-0.4, -0.2) is 105 Å². The molecule has 10 nitrogen and oxygen atoms in total. The van der Waals surface area contributed by atoms with E-state index in [1.807, 2.05) is 24.3 Å². The number of nitrogens with one attached hydrogen (secondary N) is 1. The summed E-state index contributed by atoms with van der Waals surface area (Å²) in [4.78, 5) is 15.1. The molecule has 1 amide bonds. The number of anilines is 1. The number of carbonyl (C=O) groups is 1. The fraction of sp³-hybridized carbons (Fsp3) is 0.821. The van der Waals surface area contributed by atoms with E-state index >= 15 is 0 Å². The summed E-state index contributed by atoms with van der Waals surface area (Å²) in [6, 6.07) is 7.18. The van der Waals surface area contributed by atoms with E-state index in [2.05, 4.69) is 17.1 Å². The fourth-order valence-corrected chi connectivity index (χ4v) is 6.86. The van der Waals surface area contributed by atoms with Gasteiger partial charge < -0.3 is 45.1 Å². The van der Waals surface area contributed by atoms with Crippen molar-refractivity contribution in [3.63, 3.8) is 0 Å². The number of aliphatic hydroxyl groups is 2. The molecule has 296 valence electrons. The van der Waals surface area contributed by atoms with Crippen LogP contribution in [0.1, 0.15) is 115 Å². The predicted molar refractivity (Wildman–Crippen MR) is 208 cm³/mol. The number of rotatable bonds is 31. The topological polar surface area (TPSA) is 136 Å². The second kappa shape index (κ2) is 29.2. The number of aliphatic hydroxyl groups excluding tert-OH is 2. The van der Waals surface area contributed by atoms with Crippen LogP contribution in [0.5, 0.6) is 0 Å². The van der Waals surface area contributed by atoms with E-state index in [0.29, 0.717) is 44.3 Å². The van der Waals surface area contributed by atoms with Crippen molar-refractivity contribution in [1.82, 2.24) is 5.32 Å². The monoisotopic (exact) mass is 761 g/mol. The van der Waals surface area contributed by atoms with Crippen LogP contribution in [0, 0.1) is 0 Å². The lowest BCUT2D eigenvalue weighted by molar-refractivity contribution is -0.280. The van der Waals surface area contributed by atoms with Gasteiger partial charge in [-0.25, -0.2) is 0 Å². The molecule has 1 heterocycles. The Morgan fingerprint density at radius 3 is 1.98 bits per heavy atom. The van der Waals surface area contributed by atoms with Crippen LogP contribution in [0.15, 0.2) is 24.3 Å². The number of aryl methyl sites for hydroxylation is 1. The number of alkyl halides is 2. The summed E-state index contributed by atoms with van der Waals surface area (Å²) in [5, 5.41) is 24.3. The smallest absolute Gasteiger partial charge is 0.220 e. The van der Waals surface area contributed by atoms with E-state index in [-0.39, 0.29) is 25.5 Å². The van der Waals surface area contributed by atoms with Crippen molar-refractivity contribution >= 4 is 34.8 Å². The lowest BCUT2D eigenvalue weighted by Crippen LogP contribution is -2.65. The lowest BCUT2D eigenvalue weighted by atomic mass is 9.96. The SMILES string of the molecule is CCCCCCCCCCCCCCCCOC(COC1O[C@H](CN)[C@@H](O)[C@H](O)[C@H]1NC(=O)CCCc1ccc(N(CCCl)CCCl)cc1)OC. The van der Waals surface area contributed by atoms with Crippen LogP contribution in [0.3, 0.4) is 0 Å². The standard InChI is InChI=1S/C39H69Cl2N3O7/c1-3-4-5-6-7-8-9-10-11-12-13-14-15-16-28-49-35(48-2)30-50-39-36(38(47)37(46)33(29-42)51-39)43-34(45)19-17-18-31-20-22-32(23-21-31)44(26-24-40)27-25-41/h20-23,33,35-39,46-47H,3-19,24-30,42H2,1-2H3,(H,43,45)/t33-,35?,36-,37-,38-,39?/m1/s1. The molecule has 0 aliphatic carbocycles. The number of unbranched alkanes of at least 4 members (excludes halogenated alkanes) is 13. The Balaban J connectivity index is 1.71. The summed E-state index contributed by atoms with van der Waals surface area (Å²) >= 11 is 11.9. The summed E-state index contributed by atoms with van der Waals surface area (Å²) in [6.07, 6.45) is 14.5. The average molecular weight is 763 g/mol. The molecular formula is C39H69Cl2N3O7. The summed E-state index contributed by atoms with van der Waals surface area (Å²) in [6.45, 7) is 4.24. The van der Waals surface area contributed by atoms with Crippen LogP contribution in [0.2, 0.25) is 0 Å². The van der Waals surface area contributed by atoms with E-state index in [9.17, 15) is 15.0 Å². The molecular weight excluding hydrogens is 693 g/mol. The molecule has 1 saturated heterocycles. The molecule has 5 N–H and O–H groups in total. The number of hydrogen-bond acceptors (Lipinski definition) is 9. The molecule has 1 aromatic carbocycles. The Hall–Kier alpha value is -1.21. The summed E-state index contributed by atoms with van der Waals surface area (Å²) < 4.78 is 23.3. The fourth-order valence-electron chi connectivity index (χ4n) is 6.45. The van der Waals surface area contributed by atoms with Gasteiger partial charge in [0.25, 0.3) is 0 Å². The molecule has 0 radical (unpaired) electrons. The summed E-state index contributed by atoms with van der Waals surface area (Å²) in [7, 11) is 1.55. The van der Waals surface area contributed by atoms with Crippen molar-refractivity contribution in [3.05, 3.63) is 29.8 Å². The molecule has 6 atom stereocenters. The Morgan fingerprint density at radius 2 is 1.45 bits per heavy atom. The van der Waals surface area contributed by atoms with E-state index < -0.39 is 36.9 Å². The van der Waals surface area contributed by atoms with Crippen molar-refractivity contribution in [3.8, 4) is 0 Å². The van der Waals surface area contributed by atoms with E-state index in [1.165, 1.54) is 77.0 Å². The van der Waals surface area contributed by atoms with E-state index in [4.69, 9.17) is 47.9 Å². The number of nitrogens with zero attached hydrogens (tertiary/aromatic N) is 1. The third-order valence-electron chi connectivity index (χ3n) is 9.60. The van der Waals surface area contributed by atoms with Gasteiger partial charge in [0.2, 0.25) is 5.91 Å².